The highest BCUT2D eigenvalue weighted by Crippen LogP contribution is 2.36. The molecule has 0 aromatic heterocycles. The molecule has 0 unspecified atom stereocenters. The highest BCUT2D eigenvalue weighted by molar-refractivity contribution is 5.73. The van der Waals surface area contributed by atoms with Crippen molar-refractivity contribution in [3.05, 3.63) is 59.2 Å². The van der Waals surface area contributed by atoms with E-state index in [0.29, 0.717) is 0 Å². The van der Waals surface area contributed by atoms with Crippen molar-refractivity contribution in [2.45, 2.75) is 77.7 Å². The molecule has 6 heteroatoms. The summed E-state index contributed by atoms with van der Waals surface area (Å²) >= 11 is 0. The summed E-state index contributed by atoms with van der Waals surface area (Å²) in [7, 11) is 0. The van der Waals surface area contributed by atoms with Crippen molar-refractivity contribution in [3.63, 3.8) is 0 Å². The van der Waals surface area contributed by atoms with Gasteiger partial charge < -0.3 is 20.0 Å². The molecule has 3 fully saturated rings. The normalized spacial score (nSPS) is 20.0. The van der Waals surface area contributed by atoms with E-state index in [1.807, 2.05) is 4.90 Å². The monoisotopic (exact) mass is 559 g/mol. The summed E-state index contributed by atoms with van der Waals surface area (Å²) in [5, 5.41) is 3.50. The number of carbonyl (C=O) groups excluding carboxylic acids is 1. The van der Waals surface area contributed by atoms with Crippen molar-refractivity contribution in [2.75, 3.05) is 75.2 Å². The quantitative estimate of drug-likeness (QED) is 0.537. The van der Waals surface area contributed by atoms with Crippen LogP contribution in [0.2, 0.25) is 0 Å². The van der Waals surface area contributed by atoms with Crippen LogP contribution in [0, 0.1) is 0 Å². The van der Waals surface area contributed by atoms with E-state index in [-0.39, 0.29) is 16.7 Å². The number of carbonyl (C=O) groups is 1. The van der Waals surface area contributed by atoms with Crippen molar-refractivity contribution < 1.29 is 4.79 Å². The molecule has 3 aliphatic rings. The fraction of sp³-hybridized carbons (Fsp3) is 0.629. The predicted molar refractivity (Wildman–Crippen MR) is 172 cm³/mol. The smallest absolute Gasteiger partial charge is 0.219 e. The Balaban J connectivity index is 1.29. The summed E-state index contributed by atoms with van der Waals surface area (Å²) in [6.07, 6.45) is 3.54. The number of rotatable bonds is 6. The van der Waals surface area contributed by atoms with Crippen molar-refractivity contribution in [3.8, 4) is 0 Å². The second-order valence-corrected chi connectivity index (χ2v) is 14.2. The van der Waals surface area contributed by atoms with Gasteiger partial charge in [0.2, 0.25) is 5.91 Å². The van der Waals surface area contributed by atoms with E-state index in [2.05, 4.69) is 97.1 Å². The van der Waals surface area contributed by atoms with Crippen molar-refractivity contribution in [1.82, 2.24) is 15.1 Å². The van der Waals surface area contributed by atoms with Crippen LogP contribution in [-0.2, 0) is 22.0 Å². The number of piperazine rings is 2. The summed E-state index contributed by atoms with van der Waals surface area (Å²) < 4.78 is 0. The SMILES string of the molecule is CC(=O)N1CCN(c2ccc(C(C)(C)Cc3cc(N4CCC(N5CCNCC5)CC4)ccc3C(C)(C)C)cc2)CC1. The average Bonchev–Trinajstić information content (AvgIpc) is 2.97. The summed E-state index contributed by atoms with van der Waals surface area (Å²) in [6, 6.07) is 17.3. The van der Waals surface area contributed by atoms with Gasteiger partial charge in [-0.3, -0.25) is 9.69 Å². The molecule has 3 saturated heterocycles. The largest absolute Gasteiger partial charge is 0.371 e. The lowest BCUT2D eigenvalue weighted by atomic mass is 9.74. The maximum Gasteiger partial charge on any atom is 0.219 e. The molecule has 5 rings (SSSR count). The van der Waals surface area contributed by atoms with Crippen LogP contribution in [0.15, 0.2) is 42.5 Å². The van der Waals surface area contributed by atoms with E-state index in [1.54, 1.807) is 6.92 Å². The molecule has 1 N–H and O–H groups in total. The van der Waals surface area contributed by atoms with Gasteiger partial charge in [0, 0.05) is 89.8 Å². The zero-order valence-corrected chi connectivity index (χ0v) is 26.5. The lowest BCUT2D eigenvalue weighted by molar-refractivity contribution is -0.129. The molecular weight excluding hydrogens is 506 g/mol. The van der Waals surface area contributed by atoms with E-state index in [4.69, 9.17) is 0 Å². The molecule has 2 aromatic carbocycles. The van der Waals surface area contributed by atoms with Gasteiger partial charge in [-0.1, -0.05) is 52.8 Å². The third-order valence-electron chi connectivity index (χ3n) is 9.77. The summed E-state index contributed by atoms with van der Waals surface area (Å²) in [5.41, 5.74) is 7.09. The average molecular weight is 560 g/mol. The molecule has 0 radical (unpaired) electrons. The van der Waals surface area contributed by atoms with Gasteiger partial charge >= 0.3 is 0 Å². The Morgan fingerprint density at radius 2 is 1.37 bits per heavy atom. The standard InChI is InChI=1S/C35H53N5O/c1-27(41)37-21-23-40(24-22-37)30-9-7-29(8-10-30)35(5,6)26-28-25-32(11-12-33(28)34(2,3)4)38-17-13-31(14-18-38)39-19-15-36-16-20-39/h7-12,25,31,36H,13-24,26H2,1-6H3. The highest BCUT2D eigenvalue weighted by Gasteiger charge is 2.29. The molecule has 3 heterocycles. The van der Waals surface area contributed by atoms with Gasteiger partial charge in [0.15, 0.2) is 0 Å². The van der Waals surface area contributed by atoms with Crippen LogP contribution in [0.3, 0.4) is 0 Å². The summed E-state index contributed by atoms with van der Waals surface area (Å²) in [5.74, 6) is 0.181. The molecule has 0 bridgehead atoms. The minimum Gasteiger partial charge on any atom is -0.371 e. The van der Waals surface area contributed by atoms with Crippen molar-refractivity contribution >= 4 is 17.3 Å². The molecule has 41 heavy (non-hydrogen) atoms. The molecule has 0 saturated carbocycles. The van der Waals surface area contributed by atoms with Crippen LogP contribution in [-0.4, -0.2) is 87.2 Å². The number of nitrogens with one attached hydrogen (secondary N) is 1. The Labute approximate surface area is 249 Å². The first-order valence-electron chi connectivity index (χ1n) is 16.0. The maximum atomic E-state index is 11.7. The predicted octanol–water partition coefficient (Wildman–Crippen LogP) is 5.05. The number of hydrogen-bond donors (Lipinski definition) is 1. The maximum absolute atomic E-state index is 11.7. The number of hydrogen-bond acceptors (Lipinski definition) is 5. The van der Waals surface area contributed by atoms with Gasteiger partial charge in [0.25, 0.3) is 0 Å². The Morgan fingerprint density at radius 3 is 1.95 bits per heavy atom. The number of anilines is 2. The fourth-order valence-electron chi connectivity index (χ4n) is 7.17. The molecule has 0 aliphatic carbocycles. The van der Waals surface area contributed by atoms with Gasteiger partial charge in [-0.2, -0.15) is 0 Å². The van der Waals surface area contributed by atoms with Crippen LogP contribution < -0.4 is 15.1 Å². The molecule has 1 amide bonds. The van der Waals surface area contributed by atoms with Crippen LogP contribution in [0.4, 0.5) is 11.4 Å². The Morgan fingerprint density at radius 1 is 0.780 bits per heavy atom. The fourth-order valence-corrected chi connectivity index (χ4v) is 7.17. The lowest BCUT2D eigenvalue weighted by Gasteiger charge is -2.41. The van der Waals surface area contributed by atoms with Gasteiger partial charge in [0.05, 0.1) is 0 Å². The molecule has 2 aromatic rings. The number of benzene rings is 2. The van der Waals surface area contributed by atoms with Crippen LogP contribution in [0.5, 0.6) is 0 Å². The summed E-state index contributed by atoms with van der Waals surface area (Å²) in [4.78, 5) is 21.4. The Bertz CT molecular complexity index is 1160. The van der Waals surface area contributed by atoms with Crippen LogP contribution >= 0.6 is 0 Å². The Hall–Kier alpha value is -2.57. The first-order chi connectivity index (χ1) is 19.5. The van der Waals surface area contributed by atoms with Crippen LogP contribution in [0.1, 0.15) is 71.1 Å². The van der Waals surface area contributed by atoms with E-state index >= 15 is 0 Å². The second-order valence-electron chi connectivity index (χ2n) is 14.2. The topological polar surface area (TPSA) is 42.1 Å². The van der Waals surface area contributed by atoms with Crippen molar-refractivity contribution in [2.24, 2.45) is 0 Å². The molecule has 6 nitrogen and oxygen atoms in total. The molecule has 0 atom stereocenters. The number of nitrogens with zero attached hydrogens (tertiary/aromatic N) is 4. The van der Waals surface area contributed by atoms with Gasteiger partial charge in [0.1, 0.15) is 0 Å². The molecule has 224 valence electrons. The van der Waals surface area contributed by atoms with Crippen molar-refractivity contribution in [1.29, 1.82) is 0 Å². The zero-order chi connectivity index (χ0) is 29.2. The molecular formula is C35H53N5O. The highest BCUT2D eigenvalue weighted by atomic mass is 16.2. The van der Waals surface area contributed by atoms with E-state index in [0.717, 1.165) is 64.8 Å². The minimum absolute atomic E-state index is 0.0137. The van der Waals surface area contributed by atoms with Crippen LogP contribution in [0.25, 0.3) is 0 Å². The number of amides is 1. The first kappa shape index (κ1) is 29.9. The molecule has 3 aliphatic heterocycles. The van der Waals surface area contributed by atoms with Gasteiger partial charge in [-0.15, -0.1) is 0 Å². The minimum atomic E-state index is 0.0137. The molecule has 0 spiro atoms. The Kier molecular flexibility index (Phi) is 9.01. The zero-order valence-electron chi connectivity index (χ0n) is 26.5. The lowest BCUT2D eigenvalue weighted by Crippen LogP contribution is -2.52. The van der Waals surface area contributed by atoms with E-state index < -0.39 is 0 Å². The van der Waals surface area contributed by atoms with E-state index in [1.165, 1.54) is 54.0 Å². The van der Waals surface area contributed by atoms with Gasteiger partial charge in [-0.25, -0.2) is 0 Å². The summed E-state index contributed by atoms with van der Waals surface area (Å²) in [6.45, 7) is 23.9. The third-order valence-corrected chi connectivity index (χ3v) is 9.77. The third kappa shape index (κ3) is 7.09. The second kappa shape index (κ2) is 12.3. The number of piperidine rings is 1. The first-order valence-corrected chi connectivity index (χ1v) is 16.0. The van der Waals surface area contributed by atoms with E-state index in [9.17, 15) is 4.79 Å². The van der Waals surface area contributed by atoms with Gasteiger partial charge in [-0.05, 0) is 71.0 Å².